The summed E-state index contributed by atoms with van der Waals surface area (Å²) in [6, 6.07) is 6.73. The molecule has 0 aliphatic carbocycles. The van der Waals surface area contributed by atoms with Crippen molar-refractivity contribution in [2.75, 3.05) is 11.9 Å². The van der Waals surface area contributed by atoms with Crippen molar-refractivity contribution in [2.24, 2.45) is 0 Å². The van der Waals surface area contributed by atoms with E-state index in [1.807, 2.05) is 6.92 Å². The average molecular weight is 273 g/mol. The highest BCUT2D eigenvalue weighted by Gasteiger charge is 2.08. The first-order valence-corrected chi connectivity index (χ1v) is 7.66. The van der Waals surface area contributed by atoms with E-state index in [4.69, 9.17) is 0 Å². The highest BCUT2D eigenvalue weighted by Crippen LogP contribution is 2.22. The molecule has 1 aliphatic heterocycles. The highest BCUT2D eigenvalue weighted by molar-refractivity contribution is 7.09. The van der Waals surface area contributed by atoms with Crippen molar-refractivity contribution in [1.29, 1.82) is 0 Å². The molecule has 0 saturated heterocycles. The Kier molecular flexibility index (Phi) is 3.80. The van der Waals surface area contributed by atoms with Gasteiger partial charge in [-0.3, -0.25) is 0 Å². The van der Waals surface area contributed by atoms with Crippen molar-refractivity contribution < 1.29 is 0 Å². The van der Waals surface area contributed by atoms with E-state index in [1.54, 1.807) is 11.3 Å². The van der Waals surface area contributed by atoms with Crippen LogP contribution >= 0.6 is 11.3 Å². The van der Waals surface area contributed by atoms with Crippen LogP contribution < -0.4 is 10.6 Å². The summed E-state index contributed by atoms with van der Waals surface area (Å²) >= 11 is 1.71. The van der Waals surface area contributed by atoms with E-state index in [9.17, 15) is 0 Å². The average Bonchev–Trinajstić information content (AvgIpc) is 2.84. The van der Waals surface area contributed by atoms with Crippen LogP contribution in [0.5, 0.6) is 0 Å². The molecule has 2 aromatic rings. The fourth-order valence-electron chi connectivity index (χ4n) is 2.46. The van der Waals surface area contributed by atoms with Crippen LogP contribution in [0.3, 0.4) is 0 Å². The fourth-order valence-corrected chi connectivity index (χ4v) is 3.08. The molecule has 4 heteroatoms. The van der Waals surface area contributed by atoms with Gasteiger partial charge in [-0.2, -0.15) is 0 Å². The number of fused-ring (bicyclic) bond motifs is 1. The molecule has 2 N–H and O–H groups in total. The van der Waals surface area contributed by atoms with E-state index in [1.165, 1.54) is 29.7 Å². The summed E-state index contributed by atoms with van der Waals surface area (Å²) in [5, 5.41) is 10.2. The number of aryl methyl sites for hydroxylation is 2. The van der Waals surface area contributed by atoms with Gasteiger partial charge in [0, 0.05) is 30.7 Å². The van der Waals surface area contributed by atoms with Crippen molar-refractivity contribution in [2.45, 2.75) is 32.9 Å². The van der Waals surface area contributed by atoms with Crippen LogP contribution in [0.4, 0.5) is 5.69 Å². The largest absolute Gasteiger partial charge is 0.385 e. The maximum atomic E-state index is 4.46. The van der Waals surface area contributed by atoms with Gasteiger partial charge in [-0.25, -0.2) is 4.98 Å². The van der Waals surface area contributed by atoms with E-state index in [0.717, 1.165) is 30.3 Å². The third-order valence-corrected chi connectivity index (χ3v) is 4.23. The topological polar surface area (TPSA) is 37.0 Å². The predicted octanol–water partition coefficient (Wildman–Crippen LogP) is 3.10. The second-order valence-electron chi connectivity index (χ2n) is 4.98. The summed E-state index contributed by atoms with van der Waals surface area (Å²) in [4.78, 5) is 4.46. The molecule has 1 aromatic heterocycles. The minimum absolute atomic E-state index is 0.847. The van der Waals surface area contributed by atoms with Gasteiger partial charge in [0.25, 0.3) is 0 Å². The van der Waals surface area contributed by atoms with Crippen LogP contribution in [0.1, 0.15) is 28.2 Å². The summed E-state index contributed by atoms with van der Waals surface area (Å²) in [6.45, 7) is 4.90. The molecule has 0 bridgehead atoms. The number of aromatic nitrogens is 1. The zero-order valence-electron chi connectivity index (χ0n) is 11.2. The number of nitrogens with zero attached hydrogens (tertiary/aromatic N) is 1. The number of hydrogen-bond donors (Lipinski definition) is 2. The van der Waals surface area contributed by atoms with E-state index in [2.05, 4.69) is 39.2 Å². The third-order valence-electron chi connectivity index (χ3n) is 3.41. The summed E-state index contributed by atoms with van der Waals surface area (Å²) in [7, 11) is 0. The molecular weight excluding hydrogens is 254 g/mol. The summed E-state index contributed by atoms with van der Waals surface area (Å²) in [5.74, 6) is 0. The number of hydrogen-bond acceptors (Lipinski definition) is 4. The maximum absolute atomic E-state index is 4.46. The molecule has 1 aromatic carbocycles. The predicted molar refractivity (Wildman–Crippen MR) is 80.6 cm³/mol. The van der Waals surface area contributed by atoms with E-state index >= 15 is 0 Å². The maximum Gasteiger partial charge on any atom is 0.0897 e. The first-order valence-electron chi connectivity index (χ1n) is 6.79. The van der Waals surface area contributed by atoms with Gasteiger partial charge in [0.1, 0.15) is 0 Å². The summed E-state index contributed by atoms with van der Waals surface area (Å²) < 4.78 is 0. The first-order chi connectivity index (χ1) is 9.31. The van der Waals surface area contributed by atoms with Crippen LogP contribution in [0.2, 0.25) is 0 Å². The lowest BCUT2D eigenvalue weighted by atomic mass is 10.0. The molecule has 0 spiro atoms. The van der Waals surface area contributed by atoms with Crippen LogP contribution in [0, 0.1) is 6.92 Å². The second-order valence-corrected chi connectivity index (χ2v) is 6.05. The molecule has 0 radical (unpaired) electrons. The highest BCUT2D eigenvalue weighted by atomic mass is 32.1. The van der Waals surface area contributed by atoms with Crippen LogP contribution in [-0.2, 0) is 19.5 Å². The smallest absolute Gasteiger partial charge is 0.0897 e. The van der Waals surface area contributed by atoms with E-state index in [0.29, 0.717) is 0 Å². The monoisotopic (exact) mass is 273 g/mol. The number of thiazole rings is 1. The molecule has 0 amide bonds. The molecule has 3 nitrogen and oxygen atoms in total. The Morgan fingerprint density at radius 1 is 1.37 bits per heavy atom. The Labute approximate surface area is 118 Å². The number of nitrogens with one attached hydrogen (secondary N) is 2. The first kappa shape index (κ1) is 12.6. The van der Waals surface area contributed by atoms with Gasteiger partial charge >= 0.3 is 0 Å². The molecule has 1 aliphatic rings. The number of anilines is 1. The molecule has 0 atom stereocenters. The zero-order chi connectivity index (χ0) is 13.1. The molecule has 0 fully saturated rings. The third kappa shape index (κ3) is 3.14. The lowest BCUT2D eigenvalue weighted by Crippen LogP contribution is -2.15. The Hall–Kier alpha value is -1.39. The van der Waals surface area contributed by atoms with Crippen molar-refractivity contribution in [3.05, 3.63) is 45.4 Å². The molecule has 3 rings (SSSR count). The standard InChI is InChI=1S/C15H19N3S/c1-11-18-14(10-19-11)9-16-8-12-4-5-15-13(7-12)3-2-6-17-15/h4-5,7,10,16-17H,2-3,6,8-9H2,1H3. The Morgan fingerprint density at radius 2 is 2.32 bits per heavy atom. The van der Waals surface area contributed by atoms with Crippen LogP contribution in [-0.4, -0.2) is 11.5 Å². The van der Waals surface area contributed by atoms with Gasteiger partial charge in [0.15, 0.2) is 0 Å². The van der Waals surface area contributed by atoms with E-state index < -0.39 is 0 Å². The van der Waals surface area contributed by atoms with Crippen molar-refractivity contribution in [3.63, 3.8) is 0 Å². The van der Waals surface area contributed by atoms with E-state index in [-0.39, 0.29) is 0 Å². The summed E-state index contributed by atoms with van der Waals surface area (Å²) in [6.07, 6.45) is 2.43. The lowest BCUT2D eigenvalue weighted by molar-refractivity contribution is 0.680. The van der Waals surface area contributed by atoms with Gasteiger partial charge in [0.2, 0.25) is 0 Å². The molecule has 0 saturated carbocycles. The molecular formula is C15H19N3S. The SMILES string of the molecule is Cc1nc(CNCc2ccc3c(c2)CCCN3)cs1. The Balaban J connectivity index is 1.58. The van der Waals surface area contributed by atoms with Gasteiger partial charge in [0.05, 0.1) is 10.7 Å². The minimum Gasteiger partial charge on any atom is -0.385 e. The fraction of sp³-hybridized carbons (Fsp3) is 0.400. The quantitative estimate of drug-likeness (QED) is 0.899. The van der Waals surface area contributed by atoms with Gasteiger partial charge in [-0.15, -0.1) is 11.3 Å². The zero-order valence-corrected chi connectivity index (χ0v) is 12.0. The second kappa shape index (κ2) is 5.72. The van der Waals surface area contributed by atoms with Gasteiger partial charge in [-0.05, 0) is 37.0 Å². The van der Waals surface area contributed by atoms with Crippen LogP contribution in [0.15, 0.2) is 23.6 Å². The van der Waals surface area contributed by atoms with Gasteiger partial charge in [-0.1, -0.05) is 12.1 Å². The Bertz CT molecular complexity index is 562. The normalized spacial score (nSPS) is 13.9. The summed E-state index contributed by atoms with van der Waals surface area (Å²) in [5.41, 5.74) is 5.26. The van der Waals surface area contributed by atoms with Gasteiger partial charge < -0.3 is 10.6 Å². The van der Waals surface area contributed by atoms with Crippen molar-refractivity contribution in [1.82, 2.24) is 10.3 Å². The van der Waals surface area contributed by atoms with Crippen LogP contribution in [0.25, 0.3) is 0 Å². The Morgan fingerprint density at radius 3 is 3.16 bits per heavy atom. The lowest BCUT2D eigenvalue weighted by Gasteiger charge is -2.18. The van der Waals surface area contributed by atoms with Crippen molar-refractivity contribution >= 4 is 17.0 Å². The minimum atomic E-state index is 0.847. The molecule has 2 heterocycles. The molecule has 19 heavy (non-hydrogen) atoms. The molecule has 100 valence electrons. The van der Waals surface area contributed by atoms with Crippen molar-refractivity contribution in [3.8, 4) is 0 Å². The molecule has 0 unspecified atom stereocenters. The number of benzene rings is 1. The number of rotatable bonds is 4.